The molecule has 0 saturated carbocycles. The molecule has 1 aromatic heterocycles. The fourth-order valence-corrected chi connectivity index (χ4v) is 2.19. The second kappa shape index (κ2) is 4.07. The van der Waals surface area contributed by atoms with Gasteiger partial charge in [0.1, 0.15) is 0 Å². The monoisotopic (exact) mass is 221 g/mol. The van der Waals surface area contributed by atoms with Crippen LogP contribution in [0.3, 0.4) is 0 Å². The number of hydrogen-bond donors (Lipinski definition) is 0. The number of nitrogens with zero attached hydrogens (tertiary/aromatic N) is 1. The third kappa shape index (κ3) is 1.55. The summed E-state index contributed by atoms with van der Waals surface area (Å²) < 4.78 is 1.92. The Labute approximate surface area is 93.5 Å². The van der Waals surface area contributed by atoms with Crippen LogP contribution in [-0.2, 0) is 13.5 Å². The molecule has 0 amide bonds. The number of hydrogen-bond acceptors (Lipinski definition) is 1. The normalized spacial score (nSPS) is 10.8. The molecule has 78 valence electrons. The second-order valence-corrected chi connectivity index (χ2v) is 3.87. The van der Waals surface area contributed by atoms with Crippen molar-refractivity contribution in [1.29, 1.82) is 0 Å². The number of benzene rings is 1. The van der Waals surface area contributed by atoms with Crippen molar-refractivity contribution < 1.29 is 4.79 Å². The lowest BCUT2D eigenvalue weighted by Crippen LogP contribution is -1.97. The standard InChI is InChI=1S/C12H12ClNO/c1-14-11-5-3-2-4-9(11)10(6-7-13)12(14)8-15/h2-5,8H,6-7H2,1H3. The van der Waals surface area contributed by atoms with E-state index in [-0.39, 0.29) is 0 Å². The Morgan fingerprint density at radius 2 is 2.13 bits per heavy atom. The third-order valence-electron chi connectivity index (χ3n) is 2.72. The zero-order valence-electron chi connectivity index (χ0n) is 8.53. The molecule has 0 saturated heterocycles. The summed E-state index contributed by atoms with van der Waals surface area (Å²) in [6.45, 7) is 0. The van der Waals surface area contributed by atoms with Crippen molar-refractivity contribution in [2.24, 2.45) is 7.05 Å². The summed E-state index contributed by atoms with van der Waals surface area (Å²) in [6, 6.07) is 8.00. The number of halogens is 1. The molecule has 0 aliphatic rings. The van der Waals surface area contributed by atoms with E-state index in [0.717, 1.165) is 34.9 Å². The van der Waals surface area contributed by atoms with E-state index in [4.69, 9.17) is 11.6 Å². The predicted octanol–water partition coefficient (Wildman–Crippen LogP) is 2.77. The van der Waals surface area contributed by atoms with E-state index in [1.165, 1.54) is 0 Å². The molecule has 0 aliphatic carbocycles. The lowest BCUT2D eigenvalue weighted by molar-refractivity contribution is 0.111. The predicted molar refractivity (Wildman–Crippen MR) is 62.7 cm³/mol. The van der Waals surface area contributed by atoms with E-state index in [9.17, 15) is 4.79 Å². The van der Waals surface area contributed by atoms with Crippen LogP contribution in [0, 0.1) is 0 Å². The fourth-order valence-electron chi connectivity index (χ4n) is 2.00. The number of aryl methyl sites for hydroxylation is 2. The van der Waals surface area contributed by atoms with Crippen molar-refractivity contribution in [1.82, 2.24) is 4.57 Å². The number of fused-ring (bicyclic) bond motifs is 1. The van der Waals surface area contributed by atoms with Crippen LogP contribution in [0.1, 0.15) is 16.1 Å². The summed E-state index contributed by atoms with van der Waals surface area (Å²) in [6.07, 6.45) is 1.64. The Hall–Kier alpha value is -1.28. The van der Waals surface area contributed by atoms with Gasteiger partial charge in [0.25, 0.3) is 0 Å². The Bertz CT molecular complexity index is 502. The third-order valence-corrected chi connectivity index (χ3v) is 2.91. The molecule has 0 N–H and O–H groups in total. The number of aromatic nitrogens is 1. The molecular weight excluding hydrogens is 210 g/mol. The van der Waals surface area contributed by atoms with Crippen molar-refractivity contribution in [2.75, 3.05) is 5.88 Å². The molecule has 1 aromatic carbocycles. The van der Waals surface area contributed by atoms with Gasteiger partial charge in [-0.3, -0.25) is 4.79 Å². The van der Waals surface area contributed by atoms with Crippen molar-refractivity contribution >= 4 is 28.8 Å². The molecule has 2 aromatic rings. The molecule has 0 radical (unpaired) electrons. The minimum absolute atomic E-state index is 0.537. The van der Waals surface area contributed by atoms with Gasteiger partial charge in [0, 0.05) is 23.8 Å². The minimum Gasteiger partial charge on any atom is -0.341 e. The van der Waals surface area contributed by atoms with Gasteiger partial charge in [0.2, 0.25) is 0 Å². The van der Waals surface area contributed by atoms with E-state index in [0.29, 0.717) is 5.88 Å². The number of alkyl halides is 1. The van der Waals surface area contributed by atoms with E-state index in [2.05, 4.69) is 0 Å². The molecule has 1 heterocycles. The molecule has 3 heteroatoms. The first-order valence-electron chi connectivity index (χ1n) is 4.87. The molecular formula is C12H12ClNO. The highest BCUT2D eigenvalue weighted by Gasteiger charge is 2.12. The van der Waals surface area contributed by atoms with Crippen LogP contribution in [0.25, 0.3) is 10.9 Å². The number of para-hydroxylation sites is 1. The van der Waals surface area contributed by atoms with Crippen LogP contribution in [-0.4, -0.2) is 16.7 Å². The first-order chi connectivity index (χ1) is 7.29. The first kappa shape index (κ1) is 10.2. The molecule has 0 atom stereocenters. The van der Waals surface area contributed by atoms with Gasteiger partial charge in [0.05, 0.1) is 5.69 Å². The smallest absolute Gasteiger partial charge is 0.166 e. The van der Waals surface area contributed by atoms with Gasteiger partial charge < -0.3 is 4.57 Å². The van der Waals surface area contributed by atoms with Crippen LogP contribution in [0.5, 0.6) is 0 Å². The van der Waals surface area contributed by atoms with Crippen molar-refractivity contribution in [3.63, 3.8) is 0 Å². The number of carbonyl (C=O) groups is 1. The average molecular weight is 222 g/mol. The number of aldehydes is 1. The Morgan fingerprint density at radius 1 is 1.40 bits per heavy atom. The molecule has 0 fully saturated rings. The summed E-state index contributed by atoms with van der Waals surface area (Å²) in [4.78, 5) is 11.0. The summed E-state index contributed by atoms with van der Waals surface area (Å²) in [5.74, 6) is 0.537. The molecule has 2 nitrogen and oxygen atoms in total. The van der Waals surface area contributed by atoms with E-state index < -0.39 is 0 Å². The Balaban J connectivity index is 2.78. The van der Waals surface area contributed by atoms with Gasteiger partial charge in [-0.1, -0.05) is 18.2 Å². The Morgan fingerprint density at radius 3 is 2.80 bits per heavy atom. The average Bonchev–Trinajstić information content (AvgIpc) is 2.54. The van der Waals surface area contributed by atoms with Crippen LogP contribution >= 0.6 is 11.6 Å². The maximum atomic E-state index is 11.0. The first-order valence-corrected chi connectivity index (χ1v) is 5.40. The minimum atomic E-state index is 0.537. The molecule has 0 spiro atoms. The van der Waals surface area contributed by atoms with Gasteiger partial charge in [-0.25, -0.2) is 0 Å². The van der Waals surface area contributed by atoms with E-state index in [1.54, 1.807) is 0 Å². The van der Waals surface area contributed by atoms with Gasteiger partial charge in [-0.2, -0.15) is 0 Å². The van der Waals surface area contributed by atoms with Crippen molar-refractivity contribution in [2.45, 2.75) is 6.42 Å². The quantitative estimate of drug-likeness (QED) is 0.577. The maximum absolute atomic E-state index is 11.0. The lowest BCUT2D eigenvalue weighted by atomic mass is 10.1. The van der Waals surface area contributed by atoms with Crippen molar-refractivity contribution in [3.8, 4) is 0 Å². The van der Waals surface area contributed by atoms with Crippen molar-refractivity contribution in [3.05, 3.63) is 35.5 Å². The Kier molecular flexibility index (Phi) is 2.78. The fraction of sp³-hybridized carbons (Fsp3) is 0.250. The molecule has 2 rings (SSSR count). The summed E-state index contributed by atoms with van der Waals surface area (Å²) >= 11 is 5.75. The largest absolute Gasteiger partial charge is 0.341 e. The van der Waals surface area contributed by atoms with Gasteiger partial charge >= 0.3 is 0 Å². The molecule has 0 aliphatic heterocycles. The summed E-state index contributed by atoms with van der Waals surface area (Å²) in [7, 11) is 1.91. The number of carbonyl (C=O) groups excluding carboxylic acids is 1. The highest BCUT2D eigenvalue weighted by molar-refractivity contribution is 6.18. The lowest BCUT2D eigenvalue weighted by Gasteiger charge is -1.97. The van der Waals surface area contributed by atoms with Gasteiger partial charge in [-0.05, 0) is 18.1 Å². The number of rotatable bonds is 3. The summed E-state index contributed by atoms with van der Waals surface area (Å²) in [5.41, 5.74) is 2.87. The van der Waals surface area contributed by atoms with Crippen LogP contribution in [0.2, 0.25) is 0 Å². The van der Waals surface area contributed by atoms with E-state index >= 15 is 0 Å². The second-order valence-electron chi connectivity index (χ2n) is 3.50. The molecule has 15 heavy (non-hydrogen) atoms. The summed E-state index contributed by atoms with van der Waals surface area (Å²) in [5, 5.41) is 1.13. The highest BCUT2D eigenvalue weighted by atomic mass is 35.5. The van der Waals surface area contributed by atoms with Gasteiger partial charge in [-0.15, -0.1) is 11.6 Å². The van der Waals surface area contributed by atoms with Gasteiger partial charge in [0.15, 0.2) is 6.29 Å². The molecule has 0 unspecified atom stereocenters. The topological polar surface area (TPSA) is 22.0 Å². The van der Waals surface area contributed by atoms with Crippen LogP contribution in [0.4, 0.5) is 0 Å². The molecule has 0 bridgehead atoms. The zero-order chi connectivity index (χ0) is 10.8. The highest BCUT2D eigenvalue weighted by Crippen LogP contribution is 2.24. The SMILES string of the molecule is Cn1c(C=O)c(CCCl)c2ccccc21. The zero-order valence-corrected chi connectivity index (χ0v) is 9.29. The maximum Gasteiger partial charge on any atom is 0.166 e. The van der Waals surface area contributed by atoms with Crippen LogP contribution < -0.4 is 0 Å². The van der Waals surface area contributed by atoms with Crippen LogP contribution in [0.15, 0.2) is 24.3 Å². The van der Waals surface area contributed by atoms with E-state index in [1.807, 2.05) is 35.9 Å².